The highest BCUT2D eigenvalue weighted by Crippen LogP contribution is 2.13. The molecule has 1 N–H and O–H groups in total. The second kappa shape index (κ2) is 8.13. The Hall–Kier alpha value is -1.62. The highest BCUT2D eigenvalue weighted by atomic mass is 16.6. The largest absolute Gasteiger partial charge is 0.450 e. The van der Waals surface area contributed by atoms with Crippen LogP contribution in [-0.4, -0.2) is 47.8 Å². The summed E-state index contributed by atoms with van der Waals surface area (Å²) < 4.78 is 5.05. The Morgan fingerprint density at radius 3 is 2.86 bits per heavy atom. The molecule has 2 heterocycles. The summed E-state index contributed by atoms with van der Waals surface area (Å²) in [7, 11) is 0. The maximum absolute atomic E-state index is 11.7. The highest BCUT2D eigenvalue weighted by Gasteiger charge is 2.24. The molecule has 0 aromatic carbocycles. The van der Waals surface area contributed by atoms with Gasteiger partial charge in [0.1, 0.15) is 0 Å². The summed E-state index contributed by atoms with van der Waals surface area (Å²) in [5.74, 6) is 0. The molecule has 1 atom stereocenters. The molecule has 1 aromatic heterocycles. The number of piperidine rings is 1. The Kier molecular flexibility index (Phi) is 6.19. The predicted molar refractivity (Wildman–Crippen MR) is 86.9 cm³/mol. The number of nitrogens with one attached hydrogen (secondary N) is 1. The fourth-order valence-corrected chi connectivity index (χ4v) is 2.93. The number of carbonyl (C=O) groups excluding carboxylic acids is 1. The normalized spacial score (nSPS) is 17.3. The number of hydrogen-bond donors (Lipinski definition) is 1. The number of hydrogen-bond acceptors (Lipinski definition) is 4. The van der Waals surface area contributed by atoms with Gasteiger partial charge in [-0.25, -0.2) is 4.79 Å². The number of likely N-dealkylation sites (tertiary alicyclic amines) is 1. The van der Waals surface area contributed by atoms with Crippen molar-refractivity contribution in [1.82, 2.24) is 15.2 Å². The lowest BCUT2D eigenvalue weighted by molar-refractivity contribution is 0.0944. The van der Waals surface area contributed by atoms with Crippen LogP contribution in [0, 0.1) is 6.92 Å². The van der Waals surface area contributed by atoms with Crippen molar-refractivity contribution in [3.63, 3.8) is 0 Å². The van der Waals surface area contributed by atoms with Crippen LogP contribution in [0.15, 0.2) is 18.3 Å². The summed E-state index contributed by atoms with van der Waals surface area (Å²) in [5, 5.41) is 3.67. The zero-order chi connectivity index (χ0) is 15.9. The van der Waals surface area contributed by atoms with Crippen LogP contribution in [-0.2, 0) is 11.2 Å². The molecule has 0 saturated carbocycles. The number of aromatic nitrogens is 1. The third-order valence-electron chi connectivity index (χ3n) is 4.16. The molecule has 1 saturated heterocycles. The number of carbonyl (C=O) groups is 1. The molecule has 5 nitrogen and oxygen atoms in total. The predicted octanol–water partition coefficient (Wildman–Crippen LogP) is 2.53. The minimum Gasteiger partial charge on any atom is -0.450 e. The van der Waals surface area contributed by atoms with Gasteiger partial charge in [0.15, 0.2) is 0 Å². The minimum absolute atomic E-state index is 0.182. The van der Waals surface area contributed by atoms with Gasteiger partial charge in [0, 0.05) is 43.5 Å². The number of pyridine rings is 1. The lowest BCUT2D eigenvalue weighted by atomic mass is 10.0. The molecule has 1 aromatic rings. The molecule has 2 rings (SSSR count). The quantitative estimate of drug-likeness (QED) is 0.908. The summed E-state index contributed by atoms with van der Waals surface area (Å²) in [6.45, 7) is 8.13. The molecule has 0 unspecified atom stereocenters. The van der Waals surface area contributed by atoms with Gasteiger partial charge in [0.25, 0.3) is 0 Å². The van der Waals surface area contributed by atoms with Gasteiger partial charge in [-0.15, -0.1) is 0 Å². The third kappa shape index (κ3) is 4.70. The molecule has 1 amide bonds. The first kappa shape index (κ1) is 16.7. The fourth-order valence-electron chi connectivity index (χ4n) is 2.93. The monoisotopic (exact) mass is 305 g/mol. The fraction of sp³-hybridized carbons (Fsp3) is 0.647. The second-order valence-corrected chi connectivity index (χ2v) is 6.00. The smallest absolute Gasteiger partial charge is 0.409 e. The molecule has 0 bridgehead atoms. The topological polar surface area (TPSA) is 54.5 Å². The Labute approximate surface area is 133 Å². The van der Waals surface area contributed by atoms with E-state index >= 15 is 0 Å². The van der Waals surface area contributed by atoms with Crippen LogP contribution in [0.1, 0.15) is 37.9 Å². The van der Waals surface area contributed by atoms with E-state index in [0.29, 0.717) is 18.7 Å². The van der Waals surface area contributed by atoms with Crippen molar-refractivity contribution in [1.29, 1.82) is 0 Å². The summed E-state index contributed by atoms with van der Waals surface area (Å²) in [4.78, 5) is 17.9. The maximum atomic E-state index is 11.7. The van der Waals surface area contributed by atoms with Crippen molar-refractivity contribution >= 4 is 6.09 Å². The van der Waals surface area contributed by atoms with Crippen LogP contribution < -0.4 is 5.32 Å². The van der Waals surface area contributed by atoms with Crippen molar-refractivity contribution < 1.29 is 9.53 Å². The van der Waals surface area contributed by atoms with Gasteiger partial charge in [0.2, 0.25) is 0 Å². The van der Waals surface area contributed by atoms with Crippen LogP contribution in [0.5, 0.6) is 0 Å². The van der Waals surface area contributed by atoms with E-state index in [2.05, 4.69) is 30.2 Å². The number of aryl methyl sites for hydroxylation is 1. The van der Waals surface area contributed by atoms with E-state index in [0.717, 1.165) is 38.0 Å². The summed E-state index contributed by atoms with van der Waals surface area (Å²) in [5.41, 5.74) is 2.40. The molecule has 1 aliphatic heterocycles. The van der Waals surface area contributed by atoms with Crippen molar-refractivity contribution in [2.24, 2.45) is 0 Å². The Balaban J connectivity index is 1.76. The SMILES string of the molecule is CCOC(=O)N1CCC(N[C@H](C)Cc2ncccc2C)CC1. The first-order chi connectivity index (χ1) is 10.6. The van der Waals surface area contributed by atoms with Gasteiger partial charge in [-0.05, 0) is 45.2 Å². The van der Waals surface area contributed by atoms with Crippen molar-refractivity contribution in [2.45, 2.75) is 52.1 Å². The first-order valence-corrected chi connectivity index (χ1v) is 8.18. The minimum atomic E-state index is -0.182. The van der Waals surface area contributed by atoms with Crippen molar-refractivity contribution in [3.8, 4) is 0 Å². The zero-order valence-electron chi connectivity index (χ0n) is 13.8. The van der Waals surface area contributed by atoms with E-state index in [-0.39, 0.29) is 6.09 Å². The van der Waals surface area contributed by atoms with Gasteiger partial charge in [0.05, 0.1) is 6.61 Å². The molecule has 0 spiro atoms. The van der Waals surface area contributed by atoms with E-state index in [4.69, 9.17) is 4.74 Å². The maximum Gasteiger partial charge on any atom is 0.409 e. The molecule has 122 valence electrons. The standard InChI is InChI=1S/C17H27N3O2/c1-4-22-17(21)20-10-7-15(8-11-20)19-14(3)12-16-13(2)6-5-9-18-16/h5-6,9,14-15,19H,4,7-8,10-12H2,1-3H3/t14-/m1/s1. The Morgan fingerprint density at radius 1 is 1.50 bits per heavy atom. The molecular formula is C17H27N3O2. The van der Waals surface area contributed by atoms with Crippen LogP contribution in [0.25, 0.3) is 0 Å². The van der Waals surface area contributed by atoms with Gasteiger partial charge in [-0.3, -0.25) is 4.98 Å². The van der Waals surface area contributed by atoms with Crippen LogP contribution in [0.3, 0.4) is 0 Å². The van der Waals surface area contributed by atoms with Gasteiger partial charge < -0.3 is 15.0 Å². The molecular weight excluding hydrogens is 278 g/mol. The lowest BCUT2D eigenvalue weighted by Crippen LogP contribution is -2.47. The summed E-state index contributed by atoms with van der Waals surface area (Å²) >= 11 is 0. The van der Waals surface area contributed by atoms with Crippen LogP contribution >= 0.6 is 0 Å². The summed E-state index contributed by atoms with van der Waals surface area (Å²) in [6.07, 6.45) is 4.56. The van der Waals surface area contributed by atoms with Gasteiger partial charge >= 0.3 is 6.09 Å². The van der Waals surface area contributed by atoms with Crippen molar-refractivity contribution in [3.05, 3.63) is 29.6 Å². The zero-order valence-corrected chi connectivity index (χ0v) is 13.8. The molecule has 22 heavy (non-hydrogen) atoms. The molecule has 5 heteroatoms. The molecule has 0 aliphatic carbocycles. The first-order valence-electron chi connectivity index (χ1n) is 8.18. The van der Waals surface area contributed by atoms with Crippen molar-refractivity contribution in [2.75, 3.05) is 19.7 Å². The number of ether oxygens (including phenoxy) is 1. The van der Waals surface area contributed by atoms with E-state index in [1.54, 1.807) is 4.90 Å². The summed E-state index contributed by atoms with van der Waals surface area (Å²) in [6, 6.07) is 4.92. The highest BCUT2D eigenvalue weighted by molar-refractivity contribution is 5.67. The van der Waals surface area contributed by atoms with E-state index in [1.165, 1.54) is 5.56 Å². The third-order valence-corrected chi connectivity index (χ3v) is 4.16. The van der Waals surface area contributed by atoms with E-state index in [9.17, 15) is 4.79 Å². The number of nitrogens with zero attached hydrogens (tertiary/aromatic N) is 2. The molecule has 1 fully saturated rings. The van der Waals surface area contributed by atoms with Crippen LogP contribution in [0.4, 0.5) is 4.79 Å². The Bertz CT molecular complexity index is 485. The Morgan fingerprint density at radius 2 is 2.23 bits per heavy atom. The number of rotatable bonds is 5. The molecule has 1 aliphatic rings. The average Bonchev–Trinajstić information content (AvgIpc) is 2.50. The number of amides is 1. The van der Waals surface area contributed by atoms with E-state index in [1.807, 2.05) is 19.2 Å². The van der Waals surface area contributed by atoms with Gasteiger partial charge in [-0.1, -0.05) is 6.07 Å². The van der Waals surface area contributed by atoms with Gasteiger partial charge in [-0.2, -0.15) is 0 Å². The molecule has 0 radical (unpaired) electrons. The van der Waals surface area contributed by atoms with Crippen LogP contribution in [0.2, 0.25) is 0 Å². The lowest BCUT2D eigenvalue weighted by Gasteiger charge is -2.33. The second-order valence-electron chi connectivity index (χ2n) is 6.00. The average molecular weight is 305 g/mol. The van der Waals surface area contributed by atoms with E-state index < -0.39 is 0 Å².